The molecule has 0 atom stereocenters. The normalized spacial score (nSPS) is 10.2. The van der Waals surface area contributed by atoms with Crippen molar-refractivity contribution in [2.75, 3.05) is 19.4 Å². The quantitative estimate of drug-likeness (QED) is 0.804. The lowest BCUT2D eigenvalue weighted by molar-refractivity contribution is -0.116. The average Bonchev–Trinajstić information content (AvgIpc) is 2.60. The molecule has 2 rings (SSSR count). The van der Waals surface area contributed by atoms with Crippen LogP contribution in [0.25, 0.3) is 0 Å². The average molecular weight is 360 g/mol. The molecule has 0 aliphatic carbocycles. The molecule has 1 N–H and O–H groups in total. The number of carbonyl (C=O) groups excluding carboxylic acids is 3. The van der Waals surface area contributed by atoms with E-state index in [1.165, 1.54) is 17.2 Å². The Bertz CT molecular complexity index is 791. The molecule has 0 aliphatic heterocycles. The van der Waals surface area contributed by atoms with Crippen LogP contribution in [-0.4, -0.2) is 41.6 Å². The molecule has 0 spiro atoms. The number of rotatable bonds is 6. The minimum Gasteiger partial charge on any atom is -0.345 e. The summed E-state index contributed by atoms with van der Waals surface area (Å²) in [7, 11) is 3.27. The number of anilines is 1. The van der Waals surface area contributed by atoms with Gasteiger partial charge in [0, 0.05) is 50.6 Å². The summed E-state index contributed by atoms with van der Waals surface area (Å²) in [5.74, 6) is -0.668. The molecular formula is C18H18ClN3O3. The Morgan fingerprint density at radius 1 is 1.16 bits per heavy atom. The number of carbonyl (C=O) groups is 3. The van der Waals surface area contributed by atoms with Gasteiger partial charge in [-0.3, -0.25) is 19.4 Å². The Labute approximate surface area is 150 Å². The molecule has 0 radical (unpaired) electrons. The fraction of sp³-hybridized carbons (Fsp3) is 0.222. The lowest BCUT2D eigenvalue weighted by atomic mass is 10.1. The van der Waals surface area contributed by atoms with Gasteiger partial charge < -0.3 is 10.2 Å². The lowest BCUT2D eigenvalue weighted by Crippen LogP contribution is -2.22. The van der Waals surface area contributed by atoms with Crippen LogP contribution in [0.5, 0.6) is 0 Å². The molecular weight excluding hydrogens is 342 g/mol. The Morgan fingerprint density at radius 3 is 2.52 bits per heavy atom. The van der Waals surface area contributed by atoms with Crippen LogP contribution < -0.4 is 5.32 Å². The molecule has 6 nitrogen and oxygen atoms in total. The second-order valence-electron chi connectivity index (χ2n) is 5.61. The Kier molecular flexibility index (Phi) is 6.25. The van der Waals surface area contributed by atoms with Gasteiger partial charge in [0.05, 0.1) is 10.6 Å². The van der Waals surface area contributed by atoms with Crippen LogP contribution in [0.2, 0.25) is 5.02 Å². The summed E-state index contributed by atoms with van der Waals surface area (Å²) in [5, 5.41) is 2.92. The van der Waals surface area contributed by atoms with Gasteiger partial charge in [-0.1, -0.05) is 11.6 Å². The molecule has 0 unspecified atom stereocenters. The number of Topliss-reactive ketones (excluding diaryl/α,β-unsaturated/α-hetero) is 1. The highest BCUT2D eigenvalue weighted by Gasteiger charge is 2.14. The van der Waals surface area contributed by atoms with Gasteiger partial charge in [-0.05, 0) is 30.3 Å². The zero-order chi connectivity index (χ0) is 18.4. The maximum Gasteiger partial charge on any atom is 0.254 e. The van der Waals surface area contributed by atoms with Crippen molar-refractivity contribution < 1.29 is 14.4 Å². The minimum absolute atomic E-state index is 0.0454. The fourth-order valence-corrected chi connectivity index (χ4v) is 2.39. The van der Waals surface area contributed by atoms with E-state index < -0.39 is 0 Å². The summed E-state index contributed by atoms with van der Waals surface area (Å²) in [4.78, 5) is 41.2. The largest absolute Gasteiger partial charge is 0.345 e. The minimum atomic E-state index is -0.306. The van der Waals surface area contributed by atoms with Crippen LogP contribution in [0.4, 0.5) is 5.69 Å². The molecule has 25 heavy (non-hydrogen) atoms. The number of aromatic nitrogens is 1. The van der Waals surface area contributed by atoms with E-state index in [1.54, 1.807) is 44.6 Å². The molecule has 0 bridgehead atoms. The third-order valence-electron chi connectivity index (χ3n) is 3.45. The molecule has 0 saturated carbocycles. The van der Waals surface area contributed by atoms with Crippen LogP contribution in [0.3, 0.4) is 0 Å². The van der Waals surface area contributed by atoms with Gasteiger partial charge >= 0.3 is 0 Å². The SMILES string of the molecule is CN(C)C(=O)c1ccc(NC(=O)CCC(=O)c2cccnc2)cc1Cl. The number of hydrogen-bond acceptors (Lipinski definition) is 4. The number of nitrogens with zero attached hydrogens (tertiary/aromatic N) is 2. The van der Waals surface area contributed by atoms with Crippen LogP contribution in [0, 0.1) is 0 Å². The van der Waals surface area contributed by atoms with E-state index in [1.807, 2.05) is 0 Å². The molecule has 0 saturated heterocycles. The van der Waals surface area contributed by atoms with E-state index >= 15 is 0 Å². The summed E-state index contributed by atoms with van der Waals surface area (Å²) >= 11 is 6.10. The molecule has 1 aromatic heterocycles. The third kappa shape index (κ3) is 5.12. The van der Waals surface area contributed by atoms with E-state index in [4.69, 9.17) is 11.6 Å². The number of pyridine rings is 1. The highest BCUT2D eigenvalue weighted by atomic mass is 35.5. The van der Waals surface area contributed by atoms with Crippen molar-refractivity contribution in [1.29, 1.82) is 0 Å². The molecule has 2 aromatic rings. The van der Waals surface area contributed by atoms with E-state index in [-0.39, 0.29) is 35.5 Å². The van der Waals surface area contributed by atoms with Gasteiger partial charge in [0.25, 0.3) is 5.91 Å². The van der Waals surface area contributed by atoms with E-state index in [2.05, 4.69) is 10.3 Å². The van der Waals surface area contributed by atoms with Gasteiger partial charge in [0.1, 0.15) is 0 Å². The van der Waals surface area contributed by atoms with Gasteiger partial charge in [0.2, 0.25) is 5.91 Å². The Hall–Kier alpha value is -2.73. The van der Waals surface area contributed by atoms with Crippen molar-refractivity contribution in [3.05, 3.63) is 58.9 Å². The van der Waals surface area contributed by atoms with E-state index in [9.17, 15) is 14.4 Å². The highest BCUT2D eigenvalue weighted by Crippen LogP contribution is 2.22. The molecule has 2 amide bonds. The molecule has 0 fully saturated rings. The second kappa shape index (κ2) is 8.39. The molecule has 0 aliphatic rings. The fourth-order valence-electron chi connectivity index (χ4n) is 2.13. The summed E-state index contributed by atoms with van der Waals surface area (Å²) in [6.45, 7) is 0. The van der Waals surface area contributed by atoms with Crippen LogP contribution in [0.1, 0.15) is 33.6 Å². The lowest BCUT2D eigenvalue weighted by Gasteiger charge is -2.12. The van der Waals surface area contributed by atoms with Crippen molar-refractivity contribution >= 4 is 34.9 Å². The van der Waals surface area contributed by atoms with E-state index in [0.717, 1.165) is 0 Å². The first-order valence-electron chi connectivity index (χ1n) is 7.62. The van der Waals surface area contributed by atoms with Crippen LogP contribution >= 0.6 is 11.6 Å². The maximum absolute atomic E-state index is 12.0. The van der Waals surface area contributed by atoms with Crippen molar-refractivity contribution in [2.24, 2.45) is 0 Å². The first kappa shape index (κ1) is 18.6. The van der Waals surface area contributed by atoms with Crippen molar-refractivity contribution in [1.82, 2.24) is 9.88 Å². The van der Waals surface area contributed by atoms with Crippen LogP contribution in [-0.2, 0) is 4.79 Å². The molecule has 7 heteroatoms. The topological polar surface area (TPSA) is 79.4 Å². The predicted molar refractivity (Wildman–Crippen MR) is 95.9 cm³/mol. The van der Waals surface area contributed by atoms with Gasteiger partial charge in [-0.2, -0.15) is 0 Å². The number of hydrogen-bond donors (Lipinski definition) is 1. The van der Waals surface area contributed by atoms with E-state index in [0.29, 0.717) is 16.8 Å². The molecule has 130 valence electrons. The van der Waals surface area contributed by atoms with Gasteiger partial charge in [-0.15, -0.1) is 0 Å². The smallest absolute Gasteiger partial charge is 0.254 e. The number of amides is 2. The van der Waals surface area contributed by atoms with Crippen molar-refractivity contribution in [3.63, 3.8) is 0 Å². The monoisotopic (exact) mass is 359 g/mol. The zero-order valence-corrected chi connectivity index (χ0v) is 14.7. The summed E-state index contributed by atoms with van der Waals surface area (Å²) in [5.41, 5.74) is 1.31. The third-order valence-corrected chi connectivity index (χ3v) is 3.76. The van der Waals surface area contributed by atoms with Crippen molar-refractivity contribution in [2.45, 2.75) is 12.8 Å². The number of halogens is 1. The summed E-state index contributed by atoms with van der Waals surface area (Å²) in [6, 6.07) is 8.00. The summed E-state index contributed by atoms with van der Waals surface area (Å²) < 4.78 is 0. The molecule has 1 aromatic carbocycles. The van der Waals surface area contributed by atoms with Crippen LogP contribution in [0.15, 0.2) is 42.7 Å². The maximum atomic E-state index is 12.0. The predicted octanol–water partition coefficient (Wildman–Crippen LogP) is 3.04. The Morgan fingerprint density at radius 2 is 1.92 bits per heavy atom. The standard InChI is InChI=1S/C18H18ClN3O3/c1-22(2)18(25)14-6-5-13(10-15(14)19)21-17(24)8-7-16(23)12-4-3-9-20-11-12/h3-6,9-11H,7-8H2,1-2H3,(H,21,24). The molecule has 1 heterocycles. The number of nitrogens with one attached hydrogen (secondary N) is 1. The number of benzene rings is 1. The summed E-state index contributed by atoms with van der Waals surface area (Å²) in [6.07, 6.45) is 3.19. The number of ketones is 1. The van der Waals surface area contributed by atoms with Crippen molar-refractivity contribution in [3.8, 4) is 0 Å². The van der Waals surface area contributed by atoms with Gasteiger partial charge in [-0.25, -0.2) is 0 Å². The highest BCUT2D eigenvalue weighted by molar-refractivity contribution is 6.34. The first-order valence-corrected chi connectivity index (χ1v) is 8.00. The zero-order valence-electron chi connectivity index (χ0n) is 14.0. The first-order chi connectivity index (χ1) is 11.9. The van der Waals surface area contributed by atoms with Gasteiger partial charge in [0.15, 0.2) is 5.78 Å². The second-order valence-corrected chi connectivity index (χ2v) is 6.01. The Balaban J connectivity index is 1.93.